The molecular weight excluding hydrogens is 474 g/mol. The molecule has 4 atom stereocenters. The molecule has 0 aliphatic rings. The molecule has 0 saturated heterocycles. The first-order valence-corrected chi connectivity index (χ1v) is 11.4. The van der Waals surface area contributed by atoms with Crippen LogP contribution in [0, 0.1) is 0 Å². The highest BCUT2D eigenvalue weighted by atomic mass is 16.4. The van der Waals surface area contributed by atoms with E-state index in [2.05, 4.69) is 35.9 Å². The Kier molecular flexibility index (Phi) is 11.5. The van der Waals surface area contributed by atoms with Gasteiger partial charge in [-0.2, -0.15) is 0 Å². The van der Waals surface area contributed by atoms with Crippen LogP contribution in [0.5, 0.6) is 0 Å². The summed E-state index contributed by atoms with van der Waals surface area (Å²) in [6, 6.07) is -4.79. The van der Waals surface area contributed by atoms with E-state index in [1.807, 2.05) is 0 Å². The number of aromatic amines is 2. The zero-order chi connectivity index (χ0) is 26.5. The van der Waals surface area contributed by atoms with Crippen LogP contribution in [-0.4, -0.2) is 91.2 Å². The van der Waals surface area contributed by atoms with Crippen LogP contribution in [0.2, 0.25) is 0 Å². The molecule has 2 rings (SSSR count). The molecule has 11 N–H and O–H groups in total. The van der Waals surface area contributed by atoms with Gasteiger partial charge >= 0.3 is 5.97 Å². The van der Waals surface area contributed by atoms with Crippen LogP contribution in [0.3, 0.4) is 0 Å². The molecule has 2 aromatic heterocycles. The molecule has 0 saturated carbocycles. The summed E-state index contributed by atoms with van der Waals surface area (Å²) in [5.74, 6) is -3.43. The second-order valence-corrected chi connectivity index (χ2v) is 8.16. The van der Waals surface area contributed by atoms with E-state index in [1.54, 1.807) is 0 Å². The molecule has 2 heterocycles. The SMILES string of the molecule is NCCCCC(NC(=O)C(Cc1cnc[nH]1)NC(=O)C(Cc1cnc[nH]1)NC(=O)C(N)CO)C(=O)O. The van der Waals surface area contributed by atoms with Crippen molar-refractivity contribution in [2.75, 3.05) is 13.2 Å². The van der Waals surface area contributed by atoms with Crippen molar-refractivity contribution in [2.24, 2.45) is 11.5 Å². The topological polar surface area (TPSA) is 254 Å². The number of rotatable bonds is 16. The average molecular weight is 508 g/mol. The Balaban J connectivity index is 2.20. The van der Waals surface area contributed by atoms with Crippen LogP contribution in [0.4, 0.5) is 0 Å². The van der Waals surface area contributed by atoms with E-state index >= 15 is 0 Å². The van der Waals surface area contributed by atoms with Gasteiger partial charge < -0.3 is 47.6 Å². The minimum atomic E-state index is -1.25. The minimum absolute atomic E-state index is 0.00897. The highest BCUT2D eigenvalue weighted by Crippen LogP contribution is 2.06. The molecule has 0 fully saturated rings. The zero-order valence-corrected chi connectivity index (χ0v) is 19.6. The van der Waals surface area contributed by atoms with Gasteiger partial charge in [0.15, 0.2) is 0 Å². The van der Waals surface area contributed by atoms with Crippen LogP contribution in [-0.2, 0) is 32.0 Å². The third-order valence-electron chi connectivity index (χ3n) is 5.32. The molecule has 0 bridgehead atoms. The molecule has 15 nitrogen and oxygen atoms in total. The van der Waals surface area contributed by atoms with Crippen molar-refractivity contribution in [1.82, 2.24) is 35.9 Å². The molecule has 3 amide bonds. The number of aliphatic hydroxyl groups excluding tert-OH is 1. The van der Waals surface area contributed by atoms with Gasteiger partial charge in [-0.15, -0.1) is 0 Å². The summed E-state index contributed by atoms with van der Waals surface area (Å²) >= 11 is 0. The Bertz CT molecular complexity index is 967. The summed E-state index contributed by atoms with van der Waals surface area (Å²) in [4.78, 5) is 63.6. The summed E-state index contributed by atoms with van der Waals surface area (Å²) in [6.45, 7) is -0.238. The van der Waals surface area contributed by atoms with Crippen molar-refractivity contribution in [3.63, 3.8) is 0 Å². The Hall–Kier alpha value is -3.82. The number of hydrogen-bond acceptors (Lipinski definition) is 9. The van der Waals surface area contributed by atoms with E-state index in [0.29, 0.717) is 30.8 Å². The number of hydrogen-bond donors (Lipinski definition) is 9. The van der Waals surface area contributed by atoms with E-state index in [9.17, 15) is 24.3 Å². The van der Waals surface area contributed by atoms with E-state index < -0.39 is 54.5 Å². The Labute approximate surface area is 206 Å². The predicted molar refractivity (Wildman–Crippen MR) is 126 cm³/mol. The quantitative estimate of drug-likeness (QED) is 0.103. The van der Waals surface area contributed by atoms with Crippen molar-refractivity contribution in [3.8, 4) is 0 Å². The maximum absolute atomic E-state index is 13.2. The van der Waals surface area contributed by atoms with Gasteiger partial charge in [0.05, 0.1) is 19.3 Å². The van der Waals surface area contributed by atoms with E-state index in [4.69, 9.17) is 16.6 Å². The van der Waals surface area contributed by atoms with Gasteiger partial charge in [0.2, 0.25) is 17.7 Å². The molecular formula is C21H33N9O6. The third kappa shape index (κ3) is 9.09. The number of amides is 3. The van der Waals surface area contributed by atoms with Crippen molar-refractivity contribution >= 4 is 23.7 Å². The smallest absolute Gasteiger partial charge is 0.326 e. The van der Waals surface area contributed by atoms with Gasteiger partial charge in [0.1, 0.15) is 24.2 Å². The number of aromatic nitrogens is 4. The molecule has 0 aromatic carbocycles. The van der Waals surface area contributed by atoms with Gasteiger partial charge in [-0.3, -0.25) is 14.4 Å². The highest BCUT2D eigenvalue weighted by molar-refractivity contribution is 5.94. The Morgan fingerprint density at radius 1 is 0.861 bits per heavy atom. The summed E-state index contributed by atoms with van der Waals surface area (Å²) in [5.41, 5.74) is 12.1. The fourth-order valence-corrected chi connectivity index (χ4v) is 3.31. The lowest BCUT2D eigenvalue weighted by atomic mass is 10.1. The van der Waals surface area contributed by atoms with E-state index in [0.717, 1.165) is 0 Å². The summed E-state index contributed by atoms with van der Waals surface area (Å²) in [7, 11) is 0. The maximum atomic E-state index is 13.2. The van der Waals surface area contributed by atoms with Gasteiger partial charge in [-0.25, -0.2) is 14.8 Å². The van der Waals surface area contributed by atoms with Crippen molar-refractivity contribution in [3.05, 3.63) is 36.4 Å². The molecule has 198 valence electrons. The van der Waals surface area contributed by atoms with Gasteiger partial charge in [-0.05, 0) is 25.8 Å². The van der Waals surface area contributed by atoms with Crippen LogP contribution < -0.4 is 27.4 Å². The molecule has 2 aromatic rings. The summed E-state index contributed by atoms with van der Waals surface area (Å²) in [6.07, 6.45) is 6.96. The minimum Gasteiger partial charge on any atom is -0.480 e. The van der Waals surface area contributed by atoms with Crippen LogP contribution in [0.15, 0.2) is 25.0 Å². The fraction of sp³-hybridized carbons (Fsp3) is 0.524. The van der Waals surface area contributed by atoms with Crippen molar-refractivity contribution in [2.45, 2.75) is 56.3 Å². The standard InChI is InChI=1S/C21H33N9O6/c22-4-2-1-3-15(21(35)36)28-19(33)17(6-13-8-25-11-27-13)30-20(34)16(5-12-7-24-10-26-12)29-18(32)14(23)9-31/h7-8,10-11,14-17,31H,1-6,9,22-23H2,(H,24,26)(H,25,27)(H,28,33)(H,29,32)(H,30,34)(H,35,36). The first-order chi connectivity index (χ1) is 17.2. The third-order valence-corrected chi connectivity index (χ3v) is 5.32. The number of imidazole rings is 2. The Morgan fingerprint density at radius 2 is 1.36 bits per heavy atom. The largest absolute Gasteiger partial charge is 0.480 e. The first kappa shape index (κ1) is 28.4. The lowest BCUT2D eigenvalue weighted by Crippen LogP contribution is -2.58. The number of nitrogens with one attached hydrogen (secondary N) is 5. The fourth-order valence-electron chi connectivity index (χ4n) is 3.31. The summed E-state index contributed by atoms with van der Waals surface area (Å²) < 4.78 is 0. The average Bonchev–Trinajstić information content (AvgIpc) is 3.56. The number of carboxylic acid groups (broad SMARTS) is 1. The van der Waals surface area contributed by atoms with E-state index in [1.165, 1.54) is 25.0 Å². The number of carbonyl (C=O) groups excluding carboxylic acids is 3. The first-order valence-electron chi connectivity index (χ1n) is 11.4. The zero-order valence-electron chi connectivity index (χ0n) is 19.6. The Morgan fingerprint density at radius 3 is 1.78 bits per heavy atom. The highest BCUT2D eigenvalue weighted by Gasteiger charge is 2.31. The van der Waals surface area contributed by atoms with Gasteiger partial charge in [0, 0.05) is 36.6 Å². The molecule has 36 heavy (non-hydrogen) atoms. The molecule has 0 aliphatic carbocycles. The van der Waals surface area contributed by atoms with Crippen molar-refractivity contribution in [1.29, 1.82) is 0 Å². The van der Waals surface area contributed by atoms with Crippen LogP contribution in [0.25, 0.3) is 0 Å². The van der Waals surface area contributed by atoms with Gasteiger partial charge in [-0.1, -0.05) is 0 Å². The number of unbranched alkanes of at least 4 members (excludes halogenated alkanes) is 1. The second kappa shape index (κ2) is 14.6. The molecule has 4 unspecified atom stereocenters. The monoisotopic (exact) mass is 507 g/mol. The summed E-state index contributed by atoms with van der Waals surface area (Å²) in [5, 5.41) is 26.2. The number of aliphatic hydroxyl groups is 1. The number of carbonyl (C=O) groups is 4. The second-order valence-electron chi connectivity index (χ2n) is 8.16. The molecule has 0 spiro atoms. The lowest BCUT2D eigenvalue weighted by Gasteiger charge is -2.25. The normalized spacial score (nSPS) is 14.3. The predicted octanol–water partition coefficient (Wildman–Crippen LogP) is -3.09. The number of aliphatic carboxylic acids is 1. The van der Waals surface area contributed by atoms with E-state index in [-0.39, 0.29) is 19.3 Å². The van der Waals surface area contributed by atoms with Crippen LogP contribution in [0.1, 0.15) is 30.7 Å². The number of nitrogens with two attached hydrogens (primary N) is 2. The molecule has 0 aliphatic heterocycles. The number of carboxylic acids is 1. The van der Waals surface area contributed by atoms with Crippen LogP contribution >= 0.6 is 0 Å². The van der Waals surface area contributed by atoms with Gasteiger partial charge in [0.25, 0.3) is 0 Å². The van der Waals surface area contributed by atoms with Crippen molar-refractivity contribution < 1.29 is 29.4 Å². The lowest BCUT2D eigenvalue weighted by molar-refractivity contribution is -0.142. The maximum Gasteiger partial charge on any atom is 0.326 e. The number of nitrogens with zero attached hydrogens (tertiary/aromatic N) is 2. The molecule has 15 heteroatoms. The molecule has 0 radical (unpaired) electrons. The number of H-pyrrole nitrogens is 2.